The molecule has 0 saturated carbocycles. The normalized spacial score (nSPS) is 10.5. The van der Waals surface area contributed by atoms with Crippen LogP contribution in [-0.2, 0) is 11.2 Å². The molecule has 0 spiro atoms. The maximum atomic E-state index is 11.4. The van der Waals surface area contributed by atoms with Crippen LogP contribution in [0.5, 0.6) is 0 Å². The molecule has 3 N–H and O–H groups in total. The van der Waals surface area contributed by atoms with E-state index in [0.29, 0.717) is 12.3 Å². The van der Waals surface area contributed by atoms with E-state index in [9.17, 15) is 9.90 Å². The lowest BCUT2D eigenvalue weighted by Crippen LogP contribution is -2.44. The minimum Gasteiger partial charge on any atom is -0.480 e. The Kier molecular flexibility index (Phi) is 20.5. The molecular weight excluding hydrogens is 408 g/mol. The molecule has 0 radical (unpaired) electrons. The number of carboxylic acids is 1. The van der Waals surface area contributed by atoms with E-state index in [-0.39, 0.29) is 0 Å². The third-order valence-electron chi connectivity index (χ3n) is 4.03. The fourth-order valence-electron chi connectivity index (χ4n) is 2.72. The molecule has 8 nitrogen and oxygen atoms in total. The number of aliphatic hydroxyl groups is 1. The first-order valence-electron chi connectivity index (χ1n) is 10.6. The van der Waals surface area contributed by atoms with Gasteiger partial charge in [0, 0.05) is 25.9 Å². The second kappa shape index (κ2) is 21.1. The average molecular weight is 447 g/mol. The zero-order chi connectivity index (χ0) is 24.8. The summed E-state index contributed by atoms with van der Waals surface area (Å²) >= 11 is 0. The van der Waals surface area contributed by atoms with Crippen LogP contribution in [0.4, 0.5) is 0 Å². The van der Waals surface area contributed by atoms with E-state index >= 15 is 0 Å². The standard InChI is InChI=1S/C19H26N4O3.C2H6.C2H2.CH4O/c1-3-21-23(20-2)17(19(24)25)13-9-5-8-12-16-14-26-18(22-16)15-10-6-4-7-11-15;3*1-2/h3-4,6-7,10-11,14,17,20H,5,8-9,12-13H2,1-2H3,(H,24,25);1-2H3;1-2H;2H,1H3/b21-3-;;;. The lowest BCUT2D eigenvalue weighted by Gasteiger charge is -2.24. The van der Waals surface area contributed by atoms with E-state index < -0.39 is 12.0 Å². The summed E-state index contributed by atoms with van der Waals surface area (Å²) in [5.74, 6) is -0.248. The topological polar surface area (TPSA) is 111 Å². The Morgan fingerprint density at radius 3 is 2.38 bits per heavy atom. The number of terminal acetylenes is 1. The van der Waals surface area contributed by atoms with Gasteiger partial charge in [0.1, 0.15) is 6.26 Å². The molecule has 2 rings (SSSR count). The van der Waals surface area contributed by atoms with Gasteiger partial charge in [0.05, 0.1) is 5.69 Å². The highest BCUT2D eigenvalue weighted by Crippen LogP contribution is 2.19. The molecule has 1 unspecified atom stereocenters. The predicted octanol–water partition coefficient (Wildman–Crippen LogP) is 4.22. The second-order valence-corrected chi connectivity index (χ2v) is 5.91. The van der Waals surface area contributed by atoms with Crippen LogP contribution >= 0.6 is 0 Å². The number of hydrazone groups is 1. The third-order valence-corrected chi connectivity index (χ3v) is 4.03. The van der Waals surface area contributed by atoms with E-state index in [1.165, 1.54) is 5.12 Å². The van der Waals surface area contributed by atoms with Crippen molar-refractivity contribution in [1.82, 2.24) is 15.5 Å². The molecule has 0 bridgehead atoms. The number of hydrogen-bond acceptors (Lipinski definition) is 7. The number of oxazole rings is 1. The third kappa shape index (κ3) is 11.9. The highest BCUT2D eigenvalue weighted by molar-refractivity contribution is 5.73. The van der Waals surface area contributed by atoms with E-state index in [0.717, 1.165) is 44.1 Å². The molecular formula is C24H38N4O4. The van der Waals surface area contributed by atoms with E-state index in [1.807, 2.05) is 44.2 Å². The lowest BCUT2D eigenvalue weighted by atomic mass is 10.1. The van der Waals surface area contributed by atoms with Crippen molar-refractivity contribution in [2.24, 2.45) is 5.10 Å². The molecule has 0 aliphatic heterocycles. The molecule has 0 fully saturated rings. The smallest absolute Gasteiger partial charge is 0.329 e. The molecule has 0 saturated heterocycles. The van der Waals surface area contributed by atoms with Gasteiger partial charge >= 0.3 is 5.97 Å². The molecule has 0 aliphatic rings. The van der Waals surface area contributed by atoms with Crippen LogP contribution in [0.15, 0.2) is 46.1 Å². The van der Waals surface area contributed by atoms with Crippen molar-refractivity contribution in [2.75, 3.05) is 14.2 Å². The summed E-state index contributed by atoms with van der Waals surface area (Å²) in [6.45, 7) is 5.75. The number of nitrogens with one attached hydrogen (secondary N) is 1. The van der Waals surface area contributed by atoms with Gasteiger partial charge in [-0.25, -0.2) is 20.3 Å². The zero-order valence-corrected chi connectivity index (χ0v) is 19.9. The largest absolute Gasteiger partial charge is 0.480 e. The molecule has 178 valence electrons. The van der Waals surface area contributed by atoms with E-state index in [4.69, 9.17) is 9.52 Å². The molecule has 1 heterocycles. The highest BCUT2D eigenvalue weighted by Gasteiger charge is 2.23. The van der Waals surface area contributed by atoms with Gasteiger partial charge in [-0.1, -0.05) is 44.9 Å². The van der Waals surface area contributed by atoms with Crippen LogP contribution in [0.2, 0.25) is 0 Å². The summed E-state index contributed by atoms with van der Waals surface area (Å²) in [6, 6.07) is 9.12. The van der Waals surface area contributed by atoms with E-state index in [2.05, 4.69) is 28.4 Å². The molecule has 8 heteroatoms. The minimum absolute atomic E-state index is 0.529. The molecule has 1 aromatic carbocycles. The number of benzene rings is 1. The molecule has 2 aromatic rings. The van der Waals surface area contributed by atoms with Gasteiger partial charge in [-0.3, -0.25) is 0 Å². The zero-order valence-electron chi connectivity index (χ0n) is 19.9. The summed E-state index contributed by atoms with van der Waals surface area (Å²) in [7, 11) is 2.66. The number of rotatable bonds is 11. The average Bonchev–Trinajstić information content (AvgIpc) is 3.33. The first kappa shape index (κ1) is 31.0. The highest BCUT2D eigenvalue weighted by atomic mass is 16.4. The summed E-state index contributed by atoms with van der Waals surface area (Å²) in [5.41, 5.74) is 4.69. The van der Waals surface area contributed by atoms with Crippen LogP contribution in [0.3, 0.4) is 0 Å². The van der Waals surface area contributed by atoms with Gasteiger partial charge in [-0.2, -0.15) is 5.10 Å². The maximum Gasteiger partial charge on any atom is 0.329 e. The Bertz CT molecular complexity index is 745. The minimum atomic E-state index is -0.881. The van der Waals surface area contributed by atoms with Crippen molar-refractivity contribution in [3.8, 4) is 24.3 Å². The van der Waals surface area contributed by atoms with Crippen LogP contribution < -0.4 is 5.43 Å². The summed E-state index contributed by atoms with van der Waals surface area (Å²) < 4.78 is 5.53. The monoisotopic (exact) mass is 446 g/mol. The number of hydrogen-bond donors (Lipinski definition) is 3. The van der Waals surface area contributed by atoms with Gasteiger partial charge < -0.3 is 14.6 Å². The Hall–Kier alpha value is -3.15. The number of unbranched alkanes of at least 4 members (excludes halogenated alkanes) is 2. The lowest BCUT2D eigenvalue weighted by molar-refractivity contribution is -0.144. The van der Waals surface area contributed by atoms with Crippen LogP contribution in [0.1, 0.15) is 52.1 Å². The van der Waals surface area contributed by atoms with Crippen molar-refractivity contribution in [3.63, 3.8) is 0 Å². The first-order chi connectivity index (χ1) is 15.7. The maximum absolute atomic E-state index is 11.4. The van der Waals surface area contributed by atoms with Crippen molar-refractivity contribution in [1.29, 1.82) is 0 Å². The van der Waals surface area contributed by atoms with E-state index in [1.54, 1.807) is 26.4 Å². The fraction of sp³-hybridized carbons (Fsp3) is 0.458. The second-order valence-electron chi connectivity index (χ2n) is 5.91. The van der Waals surface area contributed by atoms with Crippen molar-refractivity contribution >= 4 is 12.2 Å². The van der Waals surface area contributed by atoms with Crippen molar-refractivity contribution in [3.05, 3.63) is 42.3 Å². The molecule has 0 aliphatic carbocycles. The molecule has 0 amide bonds. The summed E-state index contributed by atoms with van der Waals surface area (Å²) in [4.78, 5) is 15.9. The van der Waals surface area contributed by atoms with Gasteiger partial charge in [0.25, 0.3) is 0 Å². The Balaban J connectivity index is 0. The number of carboxylic acid groups (broad SMARTS) is 1. The number of nitrogens with zero attached hydrogens (tertiary/aromatic N) is 3. The predicted molar refractivity (Wildman–Crippen MR) is 130 cm³/mol. The number of aromatic nitrogens is 1. The molecule has 1 aromatic heterocycles. The number of aliphatic hydroxyl groups excluding tert-OH is 1. The number of aliphatic carboxylic acids is 1. The fourth-order valence-corrected chi connectivity index (χ4v) is 2.72. The van der Waals surface area contributed by atoms with Gasteiger partial charge in [0.15, 0.2) is 6.04 Å². The van der Waals surface area contributed by atoms with Crippen molar-refractivity contribution in [2.45, 2.75) is 58.9 Å². The van der Waals surface area contributed by atoms with Gasteiger partial charge in [0.2, 0.25) is 5.89 Å². The Morgan fingerprint density at radius 2 is 1.84 bits per heavy atom. The van der Waals surface area contributed by atoms with Crippen LogP contribution in [0, 0.1) is 12.8 Å². The van der Waals surface area contributed by atoms with Gasteiger partial charge in [-0.15, -0.1) is 12.8 Å². The summed E-state index contributed by atoms with van der Waals surface area (Å²) in [5, 5.41) is 21.8. The quantitative estimate of drug-likeness (QED) is 0.205. The first-order valence-corrected chi connectivity index (χ1v) is 10.6. The van der Waals surface area contributed by atoms with Crippen molar-refractivity contribution < 1.29 is 19.4 Å². The number of carbonyl (C=O) groups is 1. The van der Waals surface area contributed by atoms with Gasteiger partial charge in [-0.05, 0) is 38.3 Å². The molecule has 32 heavy (non-hydrogen) atoms. The molecule has 1 atom stereocenters. The summed E-state index contributed by atoms with van der Waals surface area (Å²) in [6.07, 6.45) is 15.3. The number of hydrazine groups is 1. The number of aryl methyl sites for hydroxylation is 1. The SMILES string of the molecule is C#C.C/C=N\N(NC)C(CCCCCc1coc(-c2ccccc2)n1)C(=O)O.CC.CO. The van der Waals surface area contributed by atoms with Crippen LogP contribution in [0.25, 0.3) is 11.5 Å². The Labute approximate surface area is 192 Å². The van der Waals surface area contributed by atoms with Crippen LogP contribution in [-0.4, -0.2) is 52.7 Å². The Morgan fingerprint density at radius 1 is 1.22 bits per heavy atom.